The summed E-state index contributed by atoms with van der Waals surface area (Å²) in [6.45, 7) is 1.76. The van der Waals surface area contributed by atoms with E-state index in [4.69, 9.17) is 11.6 Å². The molecule has 1 aromatic heterocycles. The average molecular weight is 268 g/mol. The van der Waals surface area contributed by atoms with Crippen molar-refractivity contribution < 1.29 is 22.7 Å². The Kier molecular flexibility index (Phi) is 4.34. The number of aromatic nitrogens is 1. The minimum Gasteiger partial charge on any atom is -0.466 e. The van der Waals surface area contributed by atoms with Crippen LogP contribution in [0.1, 0.15) is 18.1 Å². The van der Waals surface area contributed by atoms with Crippen molar-refractivity contribution in [1.82, 2.24) is 4.98 Å². The number of carbonyl (C=O) groups excluding carboxylic acids is 1. The zero-order valence-electron chi connectivity index (χ0n) is 8.84. The van der Waals surface area contributed by atoms with E-state index in [2.05, 4.69) is 9.72 Å². The monoisotopic (exact) mass is 267 g/mol. The van der Waals surface area contributed by atoms with E-state index >= 15 is 0 Å². The Morgan fingerprint density at radius 1 is 1.53 bits per heavy atom. The van der Waals surface area contributed by atoms with Gasteiger partial charge in [-0.2, -0.15) is 13.2 Å². The minimum absolute atomic E-state index is 0.0000540. The fraction of sp³-hybridized carbons (Fsp3) is 0.400. The molecule has 0 radical (unpaired) electrons. The highest BCUT2D eigenvalue weighted by molar-refractivity contribution is 6.30. The van der Waals surface area contributed by atoms with Crippen LogP contribution >= 0.6 is 11.6 Å². The third-order valence-electron chi connectivity index (χ3n) is 1.88. The number of rotatable bonds is 3. The second-order valence-electron chi connectivity index (χ2n) is 3.15. The maximum atomic E-state index is 12.4. The van der Waals surface area contributed by atoms with E-state index in [9.17, 15) is 18.0 Å². The summed E-state index contributed by atoms with van der Waals surface area (Å²) in [4.78, 5) is 14.5. The van der Waals surface area contributed by atoms with E-state index in [1.165, 1.54) is 0 Å². The molecule has 3 nitrogen and oxygen atoms in total. The van der Waals surface area contributed by atoms with E-state index in [0.717, 1.165) is 6.07 Å². The van der Waals surface area contributed by atoms with Gasteiger partial charge in [0, 0.05) is 11.8 Å². The number of alkyl halides is 3. The molecule has 0 saturated carbocycles. The first-order valence-electron chi connectivity index (χ1n) is 4.71. The summed E-state index contributed by atoms with van der Waals surface area (Å²) in [6.07, 6.45) is -4.22. The first-order chi connectivity index (χ1) is 7.84. The maximum Gasteiger partial charge on any atom is 0.417 e. The predicted octanol–water partition coefficient (Wildman–Crippen LogP) is 2.86. The quantitative estimate of drug-likeness (QED) is 0.624. The van der Waals surface area contributed by atoms with E-state index in [1.54, 1.807) is 6.92 Å². The Bertz CT molecular complexity index is 421. The highest BCUT2D eigenvalue weighted by atomic mass is 35.5. The molecule has 0 amide bonds. The molecule has 17 heavy (non-hydrogen) atoms. The lowest BCUT2D eigenvalue weighted by Gasteiger charge is -2.09. The van der Waals surface area contributed by atoms with Crippen molar-refractivity contribution >= 4 is 17.6 Å². The van der Waals surface area contributed by atoms with E-state index < -0.39 is 17.7 Å². The fourth-order valence-corrected chi connectivity index (χ4v) is 1.31. The highest BCUT2D eigenvalue weighted by Gasteiger charge is 2.31. The van der Waals surface area contributed by atoms with Crippen molar-refractivity contribution in [3.8, 4) is 0 Å². The molecule has 0 atom stereocenters. The van der Waals surface area contributed by atoms with Gasteiger partial charge in [-0.3, -0.25) is 4.79 Å². The molecule has 0 fully saturated rings. The highest BCUT2D eigenvalue weighted by Crippen LogP contribution is 2.30. The van der Waals surface area contributed by atoms with Gasteiger partial charge in [-0.05, 0) is 13.0 Å². The lowest BCUT2D eigenvalue weighted by molar-refractivity contribution is -0.142. The molecule has 0 aliphatic carbocycles. The Morgan fingerprint density at radius 3 is 2.71 bits per heavy atom. The van der Waals surface area contributed by atoms with E-state index in [0.29, 0.717) is 6.20 Å². The molecule has 0 N–H and O–H groups in total. The molecule has 0 aliphatic heterocycles. The first-order valence-corrected chi connectivity index (χ1v) is 5.09. The molecule has 1 heterocycles. The van der Waals surface area contributed by atoms with Gasteiger partial charge in [-0.25, -0.2) is 4.98 Å². The van der Waals surface area contributed by atoms with Crippen LogP contribution in [-0.4, -0.2) is 17.6 Å². The van der Waals surface area contributed by atoms with Gasteiger partial charge in [0.15, 0.2) is 0 Å². The zero-order chi connectivity index (χ0) is 13.1. The molecular weight excluding hydrogens is 259 g/mol. The van der Waals surface area contributed by atoms with Gasteiger partial charge in [0.2, 0.25) is 0 Å². The predicted molar refractivity (Wildman–Crippen MR) is 54.6 cm³/mol. The van der Waals surface area contributed by atoms with Crippen molar-refractivity contribution in [3.63, 3.8) is 0 Å². The number of ether oxygens (including phenoxy) is 1. The number of nitrogens with zero attached hydrogens (tertiary/aromatic N) is 1. The standard InChI is InChI=1S/C10H9ClF3NO2/c1-2-17-8(16)4-6-3-7(10(12,13)14)5-15-9(6)11/h3,5H,2,4H2,1H3. The molecule has 7 heteroatoms. The largest absolute Gasteiger partial charge is 0.466 e. The van der Waals surface area contributed by atoms with E-state index in [1.807, 2.05) is 0 Å². The van der Waals surface area contributed by atoms with Crippen LogP contribution in [0, 0.1) is 0 Å². The number of pyridine rings is 1. The maximum absolute atomic E-state index is 12.4. The van der Waals surface area contributed by atoms with Crippen LogP contribution in [0.15, 0.2) is 12.3 Å². The van der Waals surface area contributed by atoms with Crippen LogP contribution in [0.4, 0.5) is 13.2 Å². The zero-order valence-corrected chi connectivity index (χ0v) is 9.60. The molecule has 0 spiro atoms. The lowest BCUT2D eigenvalue weighted by Crippen LogP contribution is -2.11. The number of esters is 1. The van der Waals surface area contributed by atoms with Gasteiger partial charge in [-0.1, -0.05) is 11.6 Å². The summed E-state index contributed by atoms with van der Waals surface area (Å²) >= 11 is 5.60. The van der Waals surface area contributed by atoms with Crippen molar-refractivity contribution in [2.24, 2.45) is 0 Å². The third kappa shape index (κ3) is 3.89. The molecule has 94 valence electrons. The van der Waals surface area contributed by atoms with Crippen molar-refractivity contribution in [3.05, 3.63) is 28.5 Å². The molecule has 0 aliphatic rings. The van der Waals surface area contributed by atoms with Crippen molar-refractivity contribution in [2.75, 3.05) is 6.61 Å². The van der Waals surface area contributed by atoms with Gasteiger partial charge >= 0.3 is 12.1 Å². The van der Waals surface area contributed by atoms with Gasteiger partial charge in [0.05, 0.1) is 18.6 Å². The summed E-state index contributed by atoms with van der Waals surface area (Å²) < 4.78 is 41.8. The van der Waals surface area contributed by atoms with Crippen molar-refractivity contribution in [1.29, 1.82) is 0 Å². The van der Waals surface area contributed by atoms with Crippen LogP contribution in [-0.2, 0) is 22.1 Å². The Hall–Kier alpha value is -1.30. The number of hydrogen-bond acceptors (Lipinski definition) is 3. The van der Waals surface area contributed by atoms with Crippen LogP contribution in [0.2, 0.25) is 5.15 Å². The van der Waals surface area contributed by atoms with Gasteiger partial charge in [0.1, 0.15) is 5.15 Å². The summed E-state index contributed by atoms with van der Waals surface area (Å²) in [5.74, 6) is -0.643. The van der Waals surface area contributed by atoms with Crippen LogP contribution in [0.25, 0.3) is 0 Å². The first kappa shape index (κ1) is 13.8. The van der Waals surface area contributed by atoms with Gasteiger partial charge < -0.3 is 4.74 Å². The molecule has 0 aromatic carbocycles. The number of hydrogen-bond donors (Lipinski definition) is 0. The third-order valence-corrected chi connectivity index (χ3v) is 2.22. The second kappa shape index (κ2) is 5.35. The Morgan fingerprint density at radius 2 is 2.18 bits per heavy atom. The summed E-state index contributed by atoms with van der Waals surface area (Å²) in [6, 6.07) is 0.798. The smallest absolute Gasteiger partial charge is 0.417 e. The minimum atomic E-state index is -4.51. The molecule has 0 bridgehead atoms. The summed E-state index contributed by atoms with van der Waals surface area (Å²) in [5, 5.41) is -0.133. The number of halogens is 4. The SMILES string of the molecule is CCOC(=O)Cc1cc(C(F)(F)F)cnc1Cl. The molecule has 0 saturated heterocycles. The fourth-order valence-electron chi connectivity index (χ4n) is 1.14. The van der Waals surface area contributed by atoms with Gasteiger partial charge in [-0.15, -0.1) is 0 Å². The van der Waals surface area contributed by atoms with E-state index in [-0.39, 0.29) is 23.7 Å². The Labute approximate surface area is 101 Å². The molecular formula is C10H9ClF3NO2. The van der Waals surface area contributed by atoms with Crippen LogP contribution in [0.5, 0.6) is 0 Å². The average Bonchev–Trinajstić information content (AvgIpc) is 2.20. The Balaban J connectivity index is 2.95. The molecule has 0 unspecified atom stereocenters. The molecule has 1 rings (SSSR count). The summed E-state index contributed by atoms with van der Waals surface area (Å²) in [7, 11) is 0. The second-order valence-corrected chi connectivity index (χ2v) is 3.51. The van der Waals surface area contributed by atoms with Gasteiger partial charge in [0.25, 0.3) is 0 Å². The van der Waals surface area contributed by atoms with Crippen LogP contribution in [0.3, 0.4) is 0 Å². The topological polar surface area (TPSA) is 39.2 Å². The molecule has 1 aromatic rings. The number of carbonyl (C=O) groups is 1. The normalized spacial score (nSPS) is 11.4. The summed E-state index contributed by atoms with van der Waals surface area (Å²) in [5.41, 5.74) is -0.943. The lowest BCUT2D eigenvalue weighted by atomic mass is 10.1. The van der Waals surface area contributed by atoms with Crippen LogP contribution < -0.4 is 0 Å². The van der Waals surface area contributed by atoms with Crippen molar-refractivity contribution in [2.45, 2.75) is 19.5 Å².